The second-order valence-corrected chi connectivity index (χ2v) is 12.2. The van der Waals surface area contributed by atoms with Crippen LogP contribution in [-0.2, 0) is 16.0 Å². The molecule has 7 heteroatoms. The van der Waals surface area contributed by atoms with Crippen molar-refractivity contribution in [2.45, 2.75) is 147 Å². The van der Waals surface area contributed by atoms with E-state index in [0.29, 0.717) is 19.3 Å². The Morgan fingerprint density at radius 1 is 0.780 bits per heavy atom. The maximum Gasteiger partial charge on any atom is 0.331 e. The minimum atomic E-state index is -2.05. The van der Waals surface area contributed by atoms with E-state index in [1.165, 1.54) is 83.5 Å². The maximum atomic E-state index is 13.6. The fraction of sp³-hybridized carbons (Fsp3) is 0.706. The second kappa shape index (κ2) is 16.7. The van der Waals surface area contributed by atoms with Gasteiger partial charge in [-0.05, 0) is 37.3 Å². The lowest BCUT2D eigenvalue weighted by Gasteiger charge is -2.43. The SMILES string of the molecule is CCCCCCCCCCCCCCCCCCc1cccc2c1C(=O)N(C1(C(=O)O)CCCCC1C(=O)O)C2=O. The number of unbranched alkanes of at least 4 members (excludes halogenated alkanes) is 15. The summed E-state index contributed by atoms with van der Waals surface area (Å²) in [5.41, 5.74) is -0.854. The highest BCUT2D eigenvalue weighted by molar-refractivity contribution is 6.24. The summed E-state index contributed by atoms with van der Waals surface area (Å²) in [6.07, 6.45) is 22.2. The molecule has 1 aromatic rings. The molecule has 3 rings (SSSR count). The van der Waals surface area contributed by atoms with Gasteiger partial charge in [-0.15, -0.1) is 0 Å². The van der Waals surface area contributed by atoms with E-state index in [-0.39, 0.29) is 24.0 Å². The Morgan fingerprint density at radius 3 is 1.83 bits per heavy atom. The number of aliphatic carboxylic acids is 2. The minimum Gasteiger partial charge on any atom is -0.481 e. The molecule has 1 heterocycles. The molecule has 1 aliphatic heterocycles. The molecule has 1 fully saturated rings. The minimum absolute atomic E-state index is 0.0424. The van der Waals surface area contributed by atoms with Gasteiger partial charge in [0.15, 0.2) is 5.54 Å². The number of carboxylic acids is 2. The zero-order valence-electron chi connectivity index (χ0n) is 25.1. The van der Waals surface area contributed by atoms with Crippen LogP contribution in [0.5, 0.6) is 0 Å². The first-order chi connectivity index (χ1) is 19.9. The van der Waals surface area contributed by atoms with E-state index < -0.39 is 35.2 Å². The number of fused-ring (bicyclic) bond motifs is 1. The van der Waals surface area contributed by atoms with Gasteiger partial charge in [0.2, 0.25) is 0 Å². The largest absolute Gasteiger partial charge is 0.481 e. The predicted octanol–water partition coefficient (Wildman–Crippen LogP) is 8.18. The Balaban J connectivity index is 1.42. The van der Waals surface area contributed by atoms with E-state index in [1.807, 2.05) is 6.07 Å². The standard InChI is InChI=1S/C34H51NO6/c1-2-3-4-5-6-7-8-9-10-11-12-13-14-15-16-17-21-26-22-20-23-27-29(26)31(37)35(30(27)36)34(33(40)41)25-19-18-24-28(34)32(38)39/h20,22-23,28H,2-19,21,24-25H2,1H3,(H,38,39)(H,40,41). The van der Waals surface area contributed by atoms with Crippen molar-refractivity contribution in [1.29, 1.82) is 0 Å². The van der Waals surface area contributed by atoms with Crippen molar-refractivity contribution < 1.29 is 29.4 Å². The third-order valence-corrected chi connectivity index (χ3v) is 9.25. The molecular formula is C34H51NO6. The van der Waals surface area contributed by atoms with E-state index in [1.54, 1.807) is 12.1 Å². The fourth-order valence-corrected chi connectivity index (χ4v) is 6.89. The maximum absolute atomic E-state index is 13.6. The van der Waals surface area contributed by atoms with Gasteiger partial charge < -0.3 is 10.2 Å². The third kappa shape index (κ3) is 8.20. The van der Waals surface area contributed by atoms with Gasteiger partial charge in [0.25, 0.3) is 11.8 Å². The van der Waals surface area contributed by atoms with Crippen LogP contribution in [0.2, 0.25) is 0 Å². The molecule has 0 spiro atoms. The van der Waals surface area contributed by atoms with Crippen LogP contribution in [-0.4, -0.2) is 44.4 Å². The summed E-state index contributed by atoms with van der Waals surface area (Å²) in [6.45, 7) is 2.26. The molecule has 41 heavy (non-hydrogen) atoms. The van der Waals surface area contributed by atoms with E-state index >= 15 is 0 Å². The van der Waals surface area contributed by atoms with Gasteiger partial charge >= 0.3 is 11.9 Å². The van der Waals surface area contributed by atoms with E-state index in [4.69, 9.17) is 0 Å². The molecule has 1 aromatic carbocycles. The Hall–Kier alpha value is -2.70. The lowest BCUT2D eigenvalue weighted by Crippen LogP contribution is -2.64. The van der Waals surface area contributed by atoms with Crippen LogP contribution in [0.3, 0.4) is 0 Å². The zero-order valence-corrected chi connectivity index (χ0v) is 25.1. The number of benzene rings is 1. The molecule has 0 saturated heterocycles. The zero-order chi connectivity index (χ0) is 29.7. The average molecular weight is 570 g/mol. The van der Waals surface area contributed by atoms with E-state index in [0.717, 1.165) is 29.7 Å². The van der Waals surface area contributed by atoms with Crippen molar-refractivity contribution in [3.63, 3.8) is 0 Å². The first kappa shape index (κ1) is 32.8. The average Bonchev–Trinajstić information content (AvgIpc) is 3.22. The van der Waals surface area contributed by atoms with Crippen molar-refractivity contribution in [2.24, 2.45) is 5.92 Å². The number of carboxylic acid groups (broad SMARTS) is 2. The van der Waals surface area contributed by atoms with Crippen LogP contribution in [0, 0.1) is 5.92 Å². The lowest BCUT2D eigenvalue weighted by atomic mass is 9.71. The van der Waals surface area contributed by atoms with Crippen molar-refractivity contribution in [3.8, 4) is 0 Å². The predicted molar refractivity (Wildman–Crippen MR) is 160 cm³/mol. The quantitative estimate of drug-likeness (QED) is 0.121. The highest BCUT2D eigenvalue weighted by Crippen LogP contribution is 2.44. The lowest BCUT2D eigenvalue weighted by molar-refractivity contribution is -0.164. The van der Waals surface area contributed by atoms with Crippen molar-refractivity contribution in [3.05, 3.63) is 34.9 Å². The molecule has 2 aliphatic rings. The number of imide groups is 1. The summed E-state index contributed by atoms with van der Waals surface area (Å²) in [6, 6.07) is 5.13. The van der Waals surface area contributed by atoms with Crippen LogP contribution >= 0.6 is 0 Å². The van der Waals surface area contributed by atoms with Crippen molar-refractivity contribution in [2.75, 3.05) is 0 Å². The smallest absolute Gasteiger partial charge is 0.331 e. The van der Waals surface area contributed by atoms with Crippen molar-refractivity contribution >= 4 is 23.8 Å². The monoisotopic (exact) mass is 569 g/mol. The molecular weight excluding hydrogens is 518 g/mol. The van der Waals surface area contributed by atoms with Gasteiger partial charge in [-0.3, -0.25) is 19.3 Å². The van der Waals surface area contributed by atoms with Gasteiger partial charge in [0, 0.05) is 0 Å². The summed E-state index contributed by atoms with van der Waals surface area (Å²) in [7, 11) is 0. The molecule has 1 aliphatic carbocycles. The van der Waals surface area contributed by atoms with Gasteiger partial charge in [0.05, 0.1) is 17.0 Å². The molecule has 1 saturated carbocycles. The van der Waals surface area contributed by atoms with Crippen LogP contribution in [0.15, 0.2) is 18.2 Å². The number of hydrogen-bond donors (Lipinski definition) is 2. The normalized spacial score (nSPS) is 20.4. The van der Waals surface area contributed by atoms with Gasteiger partial charge in [-0.25, -0.2) is 4.79 Å². The van der Waals surface area contributed by atoms with Crippen LogP contribution < -0.4 is 0 Å². The Labute approximate surface area is 246 Å². The molecule has 2 unspecified atom stereocenters. The summed E-state index contributed by atoms with van der Waals surface area (Å²) >= 11 is 0. The highest BCUT2D eigenvalue weighted by Gasteiger charge is 2.61. The second-order valence-electron chi connectivity index (χ2n) is 12.2. The van der Waals surface area contributed by atoms with Crippen molar-refractivity contribution in [1.82, 2.24) is 4.90 Å². The highest BCUT2D eigenvalue weighted by atomic mass is 16.4. The van der Waals surface area contributed by atoms with Crippen LogP contribution in [0.25, 0.3) is 0 Å². The number of hydrogen-bond acceptors (Lipinski definition) is 4. The number of aryl methyl sites for hydroxylation is 1. The molecule has 0 bridgehead atoms. The summed E-state index contributed by atoms with van der Waals surface area (Å²) in [5.74, 6) is -5.36. The van der Waals surface area contributed by atoms with Gasteiger partial charge in [-0.1, -0.05) is 128 Å². The summed E-state index contributed by atoms with van der Waals surface area (Å²) in [4.78, 5) is 52.4. The number of amides is 2. The molecule has 2 N–H and O–H groups in total. The molecule has 2 atom stereocenters. The van der Waals surface area contributed by atoms with Crippen LogP contribution in [0.4, 0.5) is 0 Å². The van der Waals surface area contributed by atoms with Gasteiger partial charge in [0.1, 0.15) is 0 Å². The fourth-order valence-electron chi connectivity index (χ4n) is 6.89. The topological polar surface area (TPSA) is 112 Å². The van der Waals surface area contributed by atoms with E-state index in [2.05, 4.69) is 6.92 Å². The van der Waals surface area contributed by atoms with Gasteiger partial charge in [-0.2, -0.15) is 0 Å². The molecule has 2 amide bonds. The van der Waals surface area contributed by atoms with E-state index in [9.17, 15) is 29.4 Å². The molecule has 7 nitrogen and oxygen atoms in total. The first-order valence-corrected chi connectivity index (χ1v) is 16.3. The molecule has 0 radical (unpaired) electrons. The molecule has 0 aromatic heterocycles. The number of rotatable bonds is 20. The summed E-state index contributed by atoms with van der Waals surface area (Å²) < 4.78 is 0. The number of nitrogens with zero attached hydrogens (tertiary/aromatic N) is 1. The Bertz CT molecular complexity index is 1040. The molecule has 228 valence electrons. The Morgan fingerprint density at radius 2 is 1.32 bits per heavy atom. The third-order valence-electron chi connectivity index (χ3n) is 9.25. The van der Waals surface area contributed by atoms with Crippen LogP contribution in [0.1, 0.15) is 162 Å². The Kier molecular flexibility index (Phi) is 13.3. The number of carbonyl (C=O) groups is 4. The summed E-state index contributed by atoms with van der Waals surface area (Å²) in [5, 5.41) is 20.0. The number of carbonyl (C=O) groups excluding carboxylic acids is 2. The first-order valence-electron chi connectivity index (χ1n) is 16.3.